The van der Waals surface area contributed by atoms with E-state index in [1.54, 1.807) is 6.07 Å². The molecule has 6 aromatic rings. The fourth-order valence-electron chi connectivity index (χ4n) is 7.75. The standard InChI is InChI=1S/C44H34N2O2S/c1-43(2)37-11-7-5-9-33(37)35-20-17-30(24-39(35)43)46(31-18-21-36-34-10-6-8-12-38(34)44(3,4)40(36)25-31)29-15-13-27(14-16-29)41-22-19-32(49-41)23-28(26-45)42(47)48/h5-25H,1-4H3,(H,47,48)/b28-23-. The molecule has 5 heteroatoms. The summed E-state index contributed by atoms with van der Waals surface area (Å²) in [6.45, 7) is 9.26. The van der Waals surface area contributed by atoms with E-state index >= 15 is 0 Å². The van der Waals surface area contributed by atoms with Crippen molar-refractivity contribution >= 4 is 40.4 Å². The third kappa shape index (κ3) is 4.83. The van der Waals surface area contributed by atoms with Crippen LogP contribution in [0.5, 0.6) is 0 Å². The second-order valence-electron chi connectivity index (χ2n) is 13.9. The summed E-state index contributed by atoms with van der Waals surface area (Å²) >= 11 is 1.46. The van der Waals surface area contributed by atoms with E-state index in [0.29, 0.717) is 0 Å². The number of thiophene rings is 1. The second-order valence-corrected chi connectivity index (χ2v) is 15.0. The highest BCUT2D eigenvalue weighted by Gasteiger charge is 2.37. The van der Waals surface area contributed by atoms with Gasteiger partial charge in [-0.2, -0.15) is 5.26 Å². The minimum atomic E-state index is -1.22. The maximum atomic E-state index is 11.4. The molecule has 0 saturated heterocycles. The van der Waals surface area contributed by atoms with Gasteiger partial charge in [-0.15, -0.1) is 11.3 Å². The fourth-order valence-corrected chi connectivity index (χ4v) is 8.71. The van der Waals surface area contributed by atoms with Crippen LogP contribution in [0.2, 0.25) is 0 Å². The van der Waals surface area contributed by atoms with Crippen LogP contribution >= 0.6 is 11.3 Å². The Balaban J connectivity index is 1.24. The second kappa shape index (κ2) is 11.2. The number of rotatable bonds is 6. The summed E-state index contributed by atoms with van der Waals surface area (Å²) in [7, 11) is 0. The Morgan fingerprint density at radius 1 is 0.653 bits per heavy atom. The molecule has 0 aliphatic heterocycles. The Kier molecular flexibility index (Phi) is 6.99. The molecule has 8 rings (SSSR count). The number of hydrogen-bond donors (Lipinski definition) is 1. The number of aliphatic carboxylic acids is 1. The Morgan fingerprint density at radius 3 is 1.65 bits per heavy atom. The highest BCUT2D eigenvalue weighted by Crippen LogP contribution is 2.53. The van der Waals surface area contributed by atoms with Crippen molar-refractivity contribution in [2.75, 3.05) is 4.90 Å². The summed E-state index contributed by atoms with van der Waals surface area (Å²) in [4.78, 5) is 15.5. The van der Waals surface area contributed by atoms with Crippen LogP contribution in [0.3, 0.4) is 0 Å². The molecule has 0 fully saturated rings. The van der Waals surface area contributed by atoms with Gasteiger partial charge in [-0.05, 0) is 105 Å². The molecular weight excluding hydrogens is 621 g/mol. The van der Waals surface area contributed by atoms with E-state index in [9.17, 15) is 15.2 Å². The van der Waals surface area contributed by atoms with E-state index in [-0.39, 0.29) is 16.4 Å². The first kappa shape index (κ1) is 30.6. The lowest BCUT2D eigenvalue weighted by atomic mass is 9.82. The van der Waals surface area contributed by atoms with Crippen LogP contribution in [0.15, 0.2) is 127 Å². The van der Waals surface area contributed by atoms with Crippen LogP contribution in [-0.4, -0.2) is 11.1 Å². The largest absolute Gasteiger partial charge is 0.477 e. The molecule has 1 heterocycles. The van der Waals surface area contributed by atoms with Crippen LogP contribution in [0.1, 0.15) is 54.8 Å². The number of hydrogen-bond acceptors (Lipinski definition) is 4. The summed E-state index contributed by atoms with van der Waals surface area (Å²) in [6.07, 6.45) is 1.42. The van der Waals surface area contributed by atoms with Crippen LogP contribution in [0.4, 0.5) is 17.1 Å². The zero-order valence-corrected chi connectivity index (χ0v) is 28.6. The Hall–Kier alpha value is -5.70. The molecule has 0 unspecified atom stereocenters. The van der Waals surface area contributed by atoms with Crippen molar-refractivity contribution in [2.45, 2.75) is 38.5 Å². The molecule has 1 aromatic heterocycles. The molecule has 1 N–H and O–H groups in total. The van der Waals surface area contributed by atoms with Crippen molar-refractivity contribution in [2.24, 2.45) is 0 Å². The smallest absolute Gasteiger partial charge is 0.346 e. The first-order chi connectivity index (χ1) is 23.6. The summed E-state index contributed by atoms with van der Waals surface area (Å²) in [5.74, 6) is -1.22. The summed E-state index contributed by atoms with van der Waals surface area (Å²) in [5.41, 5.74) is 14.3. The van der Waals surface area contributed by atoms with Crippen molar-refractivity contribution in [1.29, 1.82) is 5.26 Å². The van der Waals surface area contributed by atoms with Gasteiger partial charge in [0.05, 0.1) is 0 Å². The van der Waals surface area contributed by atoms with Gasteiger partial charge in [0.25, 0.3) is 0 Å². The van der Waals surface area contributed by atoms with Crippen molar-refractivity contribution in [3.05, 3.63) is 154 Å². The van der Waals surface area contributed by atoms with Gasteiger partial charge in [0.2, 0.25) is 0 Å². The van der Waals surface area contributed by atoms with Gasteiger partial charge in [-0.1, -0.05) is 100 Å². The van der Waals surface area contributed by atoms with Crippen molar-refractivity contribution in [3.63, 3.8) is 0 Å². The van der Waals surface area contributed by atoms with Crippen LogP contribution in [0.25, 0.3) is 38.8 Å². The number of fused-ring (bicyclic) bond motifs is 6. The van der Waals surface area contributed by atoms with E-state index < -0.39 is 5.97 Å². The molecule has 0 radical (unpaired) electrons. The predicted molar refractivity (Wildman–Crippen MR) is 201 cm³/mol. The predicted octanol–water partition coefficient (Wildman–Crippen LogP) is 11.5. The Bertz CT molecular complexity index is 2280. The molecule has 0 saturated carbocycles. The van der Waals surface area contributed by atoms with Gasteiger partial charge in [0, 0.05) is 37.6 Å². The molecule has 5 aromatic carbocycles. The van der Waals surface area contributed by atoms with Gasteiger partial charge in [0.1, 0.15) is 11.6 Å². The third-order valence-electron chi connectivity index (χ3n) is 10.3. The summed E-state index contributed by atoms with van der Waals surface area (Å²) in [5, 5.41) is 18.5. The molecule has 2 aliphatic rings. The number of nitrogens with zero attached hydrogens (tertiary/aromatic N) is 2. The van der Waals surface area contributed by atoms with Crippen LogP contribution < -0.4 is 4.90 Å². The third-order valence-corrected chi connectivity index (χ3v) is 11.4. The zero-order valence-electron chi connectivity index (χ0n) is 27.8. The number of carboxylic acids is 1. The summed E-state index contributed by atoms with van der Waals surface area (Å²) < 4.78 is 0. The normalized spacial score (nSPS) is 14.7. The topological polar surface area (TPSA) is 64.3 Å². The molecule has 4 nitrogen and oxygen atoms in total. The lowest BCUT2D eigenvalue weighted by molar-refractivity contribution is -0.132. The van der Waals surface area contributed by atoms with Gasteiger partial charge in [0.15, 0.2) is 0 Å². The minimum absolute atomic E-state index is 0.129. The lowest BCUT2D eigenvalue weighted by Crippen LogP contribution is -2.18. The average molecular weight is 655 g/mol. The first-order valence-corrected chi connectivity index (χ1v) is 17.2. The highest BCUT2D eigenvalue weighted by molar-refractivity contribution is 7.16. The first-order valence-electron chi connectivity index (χ1n) is 16.4. The van der Waals surface area contributed by atoms with Gasteiger partial charge >= 0.3 is 5.97 Å². The maximum Gasteiger partial charge on any atom is 0.346 e. The Labute approximate surface area is 290 Å². The molecule has 0 spiro atoms. The van der Waals surface area contributed by atoms with Gasteiger partial charge < -0.3 is 10.0 Å². The van der Waals surface area contributed by atoms with Crippen molar-refractivity contribution < 1.29 is 9.90 Å². The van der Waals surface area contributed by atoms with E-state index in [2.05, 4.69) is 142 Å². The maximum absolute atomic E-state index is 11.4. The van der Waals surface area contributed by atoms with E-state index in [1.807, 2.05) is 12.1 Å². The number of anilines is 3. The number of benzene rings is 5. The van der Waals surface area contributed by atoms with Gasteiger partial charge in [-0.3, -0.25) is 0 Å². The highest BCUT2D eigenvalue weighted by atomic mass is 32.1. The lowest BCUT2D eigenvalue weighted by Gasteiger charge is -2.30. The number of carbonyl (C=O) groups is 1. The molecule has 49 heavy (non-hydrogen) atoms. The van der Waals surface area contributed by atoms with Crippen molar-refractivity contribution in [1.82, 2.24) is 0 Å². The van der Waals surface area contributed by atoms with Gasteiger partial charge in [-0.25, -0.2) is 4.79 Å². The zero-order chi connectivity index (χ0) is 34.1. The quantitative estimate of drug-likeness (QED) is 0.143. The van der Waals surface area contributed by atoms with Crippen LogP contribution in [0, 0.1) is 11.3 Å². The molecule has 2 aliphatic carbocycles. The molecule has 0 atom stereocenters. The van der Waals surface area contributed by atoms with E-state index in [4.69, 9.17) is 0 Å². The summed E-state index contributed by atoms with van der Waals surface area (Å²) in [6, 6.07) is 45.4. The SMILES string of the molecule is CC1(C)c2ccccc2-c2ccc(N(c3ccc(-c4ccc(/C=C(/C#N)C(=O)O)s4)cc3)c3ccc4c(c3)C(C)(C)c3ccccc3-4)cc21. The van der Waals surface area contributed by atoms with E-state index in [0.717, 1.165) is 32.4 Å². The Morgan fingerprint density at radius 2 is 1.14 bits per heavy atom. The molecule has 238 valence electrons. The molecule has 0 amide bonds. The average Bonchev–Trinajstić information content (AvgIpc) is 3.74. The van der Waals surface area contributed by atoms with Crippen molar-refractivity contribution in [3.8, 4) is 38.8 Å². The monoisotopic (exact) mass is 654 g/mol. The molecule has 0 bridgehead atoms. The fraction of sp³-hybridized carbons (Fsp3) is 0.136. The number of nitriles is 1. The van der Waals surface area contributed by atoms with E-state index in [1.165, 1.54) is 61.9 Å². The van der Waals surface area contributed by atoms with Crippen LogP contribution in [-0.2, 0) is 15.6 Å². The molecular formula is C44H34N2O2S. The minimum Gasteiger partial charge on any atom is -0.477 e. The number of carboxylic acid groups (broad SMARTS) is 1.